The topological polar surface area (TPSA) is 131 Å². The molecule has 10 heteroatoms. The van der Waals surface area contributed by atoms with Crippen molar-refractivity contribution in [1.82, 2.24) is 20.6 Å². The van der Waals surface area contributed by atoms with E-state index in [-0.39, 0.29) is 17.7 Å². The molecule has 3 N–H and O–H groups in total. The second kappa shape index (κ2) is 16.3. The lowest BCUT2D eigenvalue weighted by molar-refractivity contribution is -0.141. The number of ether oxygens (including phenoxy) is 1. The van der Waals surface area contributed by atoms with Crippen molar-refractivity contribution in [3.8, 4) is 28.3 Å². The van der Waals surface area contributed by atoms with E-state index in [4.69, 9.17) is 4.74 Å². The number of carboxylic acids is 1. The van der Waals surface area contributed by atoms with Crippen LogP contribution in [0, 0.1) is 0 Å². The maximum absolute atomic E-state index is 13.1. The number of carboxylic acid groups (broad SMARTS) is 1. The largest absolute Gasteiger partial charge is 0.494 e. The van der Waals surface area contributed by atoms with Gasteiger partial charge in [0.25, 0.3) is 5.91 Å². The van der Waals surface area contributed by atoms with Crippen LogP contribution in [0.1, 0.15) is 80.4 Å². The minimum Gasteiger partial charge on any atom is -0.494 e. The molecule has 0 fully saturated rings. The fraction of sp³-hybridized carbons (Fsp3) is 0.378. The number of nitrogens with one attached hydrogen (secondary N) is 2. The molecule has 0 aliphatic rings. The predicted octanol–water partition coefficient (Wildman–Crippen LogP) is 7.06. The lowest BCUT2D eigenvalue weighted by atomic mass is 9.95. The first kappa shape index (κ1) is 35.3. The van der Waals surface area contributed by atoms with Crippen molar-refractivity contribution < 1.29 is 24.2 Å². The van der Waals surface area contributed by atoms with Gasteiger partial charge >= 0.3 is 5.97 Å². The second-order valence-electron chi connectivity index (χ2n) is 12.6. The van der Waals surface area contributed by atoms with Crippen molar-refractivity contribution in [3.05, 3.63) is 88.4 Å². The molecule has 0 spiro atoms. The van der Waals surface area contributed by atoms with Crippen molar-refractivity contribution in [2.24, 2.45) is 0 Å². The number of rotatable bonds is 15. The van der Waals surface area contributed by atoms with Crippen molar-refractivity contribution >= 4 is 29.1 Å². The molecular formula is C37H44N4O5S. The monoisotopic (exact) mass is 656 g/mol. The Bertz CT molecular complexity index is 1630. The number of hydrogen-bond donors (Lipinski definition) is 3. The fourth-order valence-electron chi connectivity index (χ4n) is 4.79. The van der Waals surface area contributed by atoms with Crippen molar-refractivity contribution in [3.63, 3.8) is 0 Å². The van der Waals surface area contributed by atoms with Crippen LogP contribution in [0.25, 0.3) is 22.5 Å². The number of nitrogens with zero attached hydrogens (tertiary/aromatic N) is 2. The van der Waals surface area contributed by atoms with Gasteiger partial charge in [0.15, 0.2) is 5.82 Å². The number of carbonyl (C=O) groups excluding carboxylic acids is 2. The summed E-state index contributed by atoms with van der Waals surface area (Å²) in [6.45, 7) is 10.5. The molecule has 2 heterocycles. The number of benzene rings is 2. The minimum atomic E-state index is -1.16. The van der Waals surface area contributed by atoms with Gasteiger partial charge < -0.3 is 20.5 Å². The lowest BCUT2D eigenvalue weighted by Gasteiger charge is -2.20. The standard InChI is InChI=1S/C37H44N4O5S/c1-6-7-8-9-20-46-29-16-14-26(15-17-29)28-22-38-33(39-23-28)27-12-10-25(11-13-27)21-30(34(42)40-24(2)36(44)45)41-35(43)31-18-19-32(47-31)37(3,4)5/h10-19,22-24,30H,6-9,20-21H2,1-5H3,(H,40,42)(H,41,43)(H,44,45)/t24-,30+/m1/s1. The number of unbranched alkanes of at least 4 members (excludes halogenated alkanes) is 3. The Morgan fingerprint density at radius 1 is 0.851 bits per heavy atom. The molecule has 4 rings (SSSR count). The van der Waals surface area contributed by atoms with Crippen molar-refractivity contribution in [2.75, 3.05) is 6.61 Å². The SMILES string of the molecule is CCCCCCOc1ccc(-c2cnc(-c3ccc(C[C@H](NC(=O)c4ccc(C(C)(C)C)s4)C(=O)N[C@H](C)C(=O)O)cc3)nc2)cc1. The van der Waals surface area contributed by atoms with E-state index in [1.54, 1.807) is 18.5 Å². The molecular weight excluding hydrogens is 612 g/mol. The van der Waals surface area contributed by atoms with Crippen LogP contribution in [0.3, 0.4) is 0 Å². The second-order valence-corrected chi connectivity index (χ2v) is 13.7. The highest BCUT2D eigenvalue weighted by atomic mass is 32.1. The van der Waals surface area contributed by atoms with Gasteiger partial charge in [0.05, 0.1) is 11.5 Å². The Kier molecular flexibility index (Phi) is 12.2. The first-order chi connectivity index (χ1) is 22.4. The lowest BCUT2D eigenvalue weighted by Crippen LogP contribution is -2.51. The van der Waals surface area contributed by atoms with Gasteiger partial charge in [-0.2, -0.15) is 0 Å². The molecule has 2 aromatic heterocycles. The number of amides is 2. The van der Waals surface area contributed by atoms with Gasteiger partial charge in [-0.1, -0.05) is 83.4 Å². The molecule has 4 aromatic rings. The summed E-state index contributed by atoms with van der Waals surface area (Å²) in [4.78, 5) is 48.3. The molecule has 0 saturated heterocycles. The van der Waals surface area contributed by atoms with Crippen LogP contribution in [-0.4, -0.2) is 51.5 Å². The van der Waals surface area contributed by atoms with Gasteiger partial charge in [-0.25, -0.2) is 9.97 Å². The molecule has 47 heavy (non-hydrogen) atoms. The number of carbonyl (C=O) groups is 3. The summed E-state index contributed by atoms with van der Waals surface area (Å²) in [7, 11) is 0. The van der Waals surface area contributed by atoms with Crippen LogP contribution in [0.5, 0.6) is 5.75 Å². The number of thiophene rings is 1. The quantitative estimate of drug-likeness (QED) is 0.117. The third-order valence-electron chi connectivity index (χ3n) is 7.68. The van der Waals surface area contributed by atoms with E-state index in [2.05, 4.69) is 48.3 Å². The first-order valence-electron chi connectivity index (χ1n) is 16.0. The average Bonchev–Trinajstić information content (AvgIpc) is 3.57. The summed E-state index contributed by atoms with van der Waals surface area (Å²) in [5.41, 5.74) is 3.34. The van der Waals surface area contributed by atoms with Gasteiger partial charge in [0.2, 0.25) is 5.91 Å². The van der Waals surface area contributed by atoms with Gasteiger partial charge in [0, 0.05) is 34.8 Å². The summed E-state index contributed by atoms with van der Waals surface area (Å²) in [6, 6.07) is 16.9. The third-order valence-corrected chi connectivity index (χ3v) is 9.19. The predicted molar refractivity (Wildman–Crippen MR) is 186 cm³/mol. The zero-order chi connectivity index (χ0) is 34.0. The normalized spacial score (nSPS) is 12.6. The molecule has 0 bridgehead atoms. The summed E-state index contributed by atoms with van der Waals surface area (Å²) >= 11 is 1.37. The van der Waals surface area contributed by atoms with E-state index in [1.165, 1.54) is 37.5 Å². The maximum atomic E-state index is 13.1. The summed E-state index contributed by atoms with van der Waals surface area (Å²) in [5.74, 6) is -0.720. The van der Waals surface area contributed by atoms with Gasteiger partial charge in [-0.15, -0.1) is 11.3 Å². The average molecular weight is 657 g/mol. The molecule has 0 unspecified atom stereocenters. The van der Waals surface area contributed by atoms with E-state index in [0.717, 1.165) is 45.9 Å². The van der Waals surface area contributed by atoms with E-state index < -0.39 is 24.0 Å². The summed E-state index contributed by atoms with van der Waals surface area (Å²) in [6.07, 6.45) is 8.40. The molecule has 0 aliphatic heterocycles. The maximum Gasteiger partial charge on any atom is 0.325 e. The Hall–Kier alpha value is -4.57. The van der Waals surface area contributed by atoms with E-state index in [0.29, 0.717) is 10.7 Å². The molecule has 2 amide bonds. The molecule has 2 atom stereocenters. The number of hydrogen-bond acceptors (Lipinski definition) is 7. The van der Waals surface area contributed by atoms with E-state index in [1.807, 2.05) is 54.6 Å². The van der Waals surface area contributed by atoms with Crippen molar-refractivity contribution in [2.45, 2.75) is 84.2 Å². The Balaban J connectivity index is 1.42. The zero-order valence-electron chi connectivity index (χ0n) is 27.7. The molecule has 248 valence electrons. The van der Waals surface area contributed by atoms with Crippen LogP contribution in [-0.2, 0) is 21.4 Å². The van der Waals surface area contributed by atoms with Crippen LogP contribution >= 0.6 is 11.3 Å². The highest BCUT2D eigenvalue weighted by molar-refractivity contribution is 7.14. The van der Waals surface area contributed by atoms with Gasteiger partial charge in [-0.05, 0) is 54.2 Å². The smallest absolute Gasteiger partial charge is 0.325 e. The van der Waals surface area contributed by atoms with E-state index >= 15 is 0 Å². The summed E-state index contributed by atoms with van der Waals surface area (Å²) in [5, 5.41) is 14.6. The Morgan fingerprint density at radius 2 is 1.51 bits per heavy atom. The van der Waals surface area contributed by atoms with Crippen molar-refractivity contribution in [1.29, 1.82) is 0 Å². The summed E-state index contributed by atoms with van der Waals surface area (Å²) < 4.78 is 5.85. The zero-order valence-corrected chi connectivity index (χ0v) is 28.5. The van der Waals surface area contributed by atoms with Crippen LogP contribution in [0.4, 0.5) is 0 Å². The molecule has 0 aliphatic carbocycles. The number of aliphatic carboxylic acids is 1. The first-order valence-corrected chi connectivity index (χ1v) is 16.8. The van der Waals surface area contributed by atoms with Gasteiger partial charge in [-0.3, -0.25) is 14.4 Å². The highest BCUT2D eigenvalue weighted by Crippen LogP contribution is 2.29. The minimum absolute atomic E-state index is 0.114. The van der Waals surface area contributed by atoms with Crippen LogP contribution < -0.4 is 15.4 Å². The molecule has 0 saturated carbocycles. The Labute approximate surface area is 280 Å². The van der Waals surface area contributed by atoms with E-state index in [9.17, 15) is 19.5 Å². The molecule has 0 radical (unpaired) electrons. The number of aromatic nitrogens is 2. The Morgan fingerprint density at radius 3 is 2.11 bits per heavy atom. The van der Waals surface area contributed by atoms with Gasteiger partial charge in [0.1, 0.15) is 17.8 Å². The highest BCUT2D eigenvalue weighted by Gasteiger charge is 2.26. The molecule has 9 nitrogen and oxygen atoms in total. The molecule has 2 aromatic carbocycles. The fourth-order valence-corrected chi connectivity index (χ4v) is 5.76. The van der Waals surface area contributed by atoms with Crippen LogP contribution in [0.15, 0.2) is 73.1 Å². The van der Waals surface area contributed by atoms with Crippen LogP contribution in [0.2, 0.25) is 0 Å². The third kappa shape index (κ3) is 10.2.